The number of fused-ring (bicyclic) bond motifs is 1. The fraction of sp³-hybridized carbons (Fsp3) is 0.421. The minimum atomic E-state index is -0.797. The van der Waals surface area contributed by atoms with Crippen molar-refractivity contribution in [2.75, 3.05) is 0 Å². The van der Waals surface area contributed by atoms with Crippen LogP contribution >= 0.6 is 11.3 Å². The summed E-state index contributed by atoms with van der Waals surface area (Å²) >= 11 is 1.50. The number of aromatic nitrogens is 1. The minimum absolute atomic E-state index is 0.209. The largest absolute Gasteiger partial charge is 0.449 e. The number of para-hydroxylation sites is 1. The molecule has 3 rings (SSSR count). The maximum atomic E-state index is 12.1. The lowest BCUT2D eigenvalue weighted by Gasteiger charge is -2.24. The van der Waals surface area contributed by atoms with E-state index in [1.165, 1.54) is 23.8 Å². The van der Waals surface area contributed by atoms with Crippen molar-refractivity contribution in [1.29, 1.82) is 0 Å². The number of nitrogens with one attached hydrogen (secondary N) is 1. The normalized spacial score (nSPS) is 16.8. The zero-order valence-corrected chi connectivity index (χ0v) is 15.1. The molecule has 1 amide bonds. The molecule has 0 bridgehead atoms. The van der Waals surface area contributed by atoms with E-state index in [1.807, 2.05) is 24.3 Å². The first-order valence-corrected chi connectivity index (χ1v) is 9.48. The lowest BCUT2D eigenvalue weighted by atomic mass is 9.95. The maximum Gasteiger partial charge on any atom is 0.331 e. The topological polar surface area (TPSA) is 68.3 Å². The van der Waals surface area contributed by atoms with Gasteiger partial charge < -0.3 is 10.1 Å². The number of carbonyl (C=O) groups excluding carboxylic acids is 2. The number of rotatable bonds is 5. The highest BCUT2D eigenvalue weighted by Gasteiger charge is 2.21. The van der Waals surface area contributed by atoms with Crippen LogP contribution in [0.2, 0.25) is 0 Å². The van der Waals surface area contributed by atoms with Crippen molar-refractivity contribution in [2.45, 2.75) is 51.2 Å². The van der Waals surface area contributed by atoms with E-state index in [0.29, 0.717) is 0 Å². The van der Waals surface area contributed by atoms with Gasteiger partial charge in [0, 0.05) is 12.1 Å². The summed E-state index contributed by atoms with van der Waals surface area (Å²) in [6.07, 6.45) is 7.67. The molecule has 1 heterocycles. The molecular weight excluding hydrogens is 336 g/mol. The molecule has 5 nitrogen and oxygen atoms in total. The molecule has 1 atom stereocenters. The molecule has 1 saturated carbocycles. The Kier molecular flexibility index (Phi) is 5.81. The van der Waals surface area contributed by atoms with E-state index in [9.17, 15) is 9.59 Å². The summed E-state index contributed by atoms with van der Waals surface area (Å²) in [5.74, 6) is -0.765. The van der Waals surface area contributed by atoms with E-state index < -0.39 is 12.1 Å². The van der Waals surface area contributed by atoms with Gasteiger partial charge in [-0.05, 0) is 38.0 Å². The molecule has 2 aromatic rings. The Balaban J connectivity index is 1.51. The summed E-state index contributed by atoms with van der Waals surface area (Å²) in [6, 6.07) is 8.01. The van der Waals surface area contributed by atoms with Gasteiger partial charge in [0.2, 0.25) is 0 Å². The third kappa shape index (κ3) is 4.89. The molecule has 1 N–H and O–H groups in total. The van der Waals surface area contributed by atoms with E-state index >= 15 is 0 Å². The Morgan fingerprint density at radius 3 is 2.80 bits per heavy atom. The Bertz CT molecular complexity index is 745. The molecule has 0 saturated heterocycles. The van der Waals surface area contributed by atoms with Gasteiger partial charge in [-0.3, -0.25) is 4.79 Å². The number of hydrogen-bond donors (Lipinski definition) is 1. The maximum absolute atomic E-state index is 12.1. The van der Waals surface area contributed by atoms with Crippen LogP contribution in [0, 0.1) is 0 Å². The molecule has 1 aromatic heterocycles. The Morgan fingerprint density at radius 2 is 2.04 bits per heavy atom. The third-order valence-electron chi connectivity index (χ3n) is 4.29. The van der Waals surface area contributed by atoms with Crippen LogP contribution in [0.15, 0.2) is 30.3 Å². The van der Waals surface area contributed by atoms with Crippen LogP contribution in [-0.4, -0.2) is 29.0 Å². The number of carbonyl (C=O) groups is 2. The zero-order valence-electron chi connectivity index (χ0n) is 14.2. The highest BCUT2D eigenvalue weighted by molar-refractivity contribution is 7.19. The first kappa shape index (κ1) is 17.6. The molecular formula is C19H22N2O3S. The van der Waals surface area contributed by atoms with Gasteiger partial charge in [0.05, 0.1) is 10.2 Å². The molecule has 1 fully saturated rings. The van der Waals surface area contributed by atoms with Crippen LogP contribution in [0.25, 0.3) is 16.3 Å². The second-order valence-electron chi connectivity index (χ2n) is 6.28. The van der Waals surface area contributed by atoms with Gasteiger partial charge >= 0.3 is 5.97 Å². The van der Waals surface area contributed by atoms with Crippen LogP contribution in [-0.2, 0) is 14.3 Å². The van der Waals surface area contributed by atoms with Crippen molar-refractivity contribution in [1.82, 2.24) is 10.3 Å². The van der Waals surface area contributed by atoms with Crippen molar-refractivity contribution >= 4 is 39.5 Å². The second kappa shape index (κ2) is 8.25. The molecule has 1 aliphatic rings. The smallest absolute Gasteiger partial charge is 0.331 e. The summed E-state index contributed by atoms with van der Waals surface area (Å²) in [7, 11) is 0. The van der Waals surface area contributed by atoms with Crippen LogP contribution < -0.4 is 5.32 Å². The monoisotopic (exact) mass is 358 g/mol. The third-order valence-corrected chi connectivity index (χ3v) is 5.29. The number of amides is 1. The number of thiazole rings is 1. The Hall–Kier alpha value is -2.21. The van der Waals surface area contributed by atoms with Crippen molar-refractivity contribution in [3.63, 3.8) is 0 Å². The fourth-order valence-electron chi connectivity index (χ4n) is 2.93. The summed E-state index contributed by atoms with van der Waals surface area (Å²) in [4.78, 5) is 28.5. The van der Waals surface area contributed by atoms with Crippen molar-refractivity contribution < 1.29 is 14.3 Å². The SMILES string of the molecule is C[C@@H](OC(=O)/C=C/c1nc2ccccc2s1)C(=O)NC1CCCCC1. The predicted molar refractivity (Wildman–Crippen MR) is 99.2 cm³/mol. The number of ether oxygens (including phenoxy) is 1. The van der Waals surface area contributed by atoms with Crippen molar-refractivity contribution in [3.05, 3.63) is 35.3 Å². The van der Waals surface area contributed by atoms with Gasteiger partial charge in [0.25, 0.3) is 5.91 Å². The summed E-state index contributed by atoms with van der Waals surface area (Å²) in [5, 5.41) is 3.70. The quantitative estimate of drug-likeness (QED) is 0.654. The fourth-order valence-corrected chi connectivity index (χ4v) is 3.80. The number of hydrogen-bond acceptors (Lipinski definition) is 5. The summed E-state index contributed by atoms with van der Waals surface area (Å²) < 4.78 is 6.25. The molecule has 0 spiro atoms. The number of benzene rings is 1. The standard InChI is InChI=1S/C19H22N2O3S/c1-13(19(23)20-14-7-3-2-4-8-14)24-18(22)12-11-17-21-15-9-5-6-10-16(15)25-17/h5-6,9-14H,2-4,7-8H2,1H3,(H,20,23)/b12-11+/t13-/m1/s1. The van der Waals surface area contributed by atoms with Crippen molar-refractivity contribution in [3.8, 4) is 0 Å². The zero-order chi connectivity index (χ0) is 17.6. The van der Waals surface area contributed by atoms with Crippen LogP contribution in [0.4, 0.5) is 0 Å². The average molecular weight is 358 g/mol. The number of esters is 1. The molecule has 0 radical (unpaired) electrons. The first-order valence-electron chi connectivity index (χ1n) is 8.66. The molecule has 6 heteroatoms. The minimum Gasteiger partial charge on any atom is -0.449 e. The second-order valence-corrected chi connectivity index (χ2v) is 7.34. The highest BCUT2D eigenvalue weighted by atomic mass is 32.1. The lowest BCUT2D eigenvalue weighted by molar-refractivity contribution is -0.150. The van der Waals surface area contributed by atoms with E-state index in [4.69, 9.17) is 4.74 Å². The van der Waals surface area contributed by atoms with Gasteiger partial charge in [0.1, 0.15) is 5.01 Å². The molecule has 1 aliphatic carbocycles. The van der Waals surface area contributed by atoms with E-state index in [-0.39, 0.29) is 11.9 Å². The van der Waals surface area contributed by atoms with Crippen LogP contribution in [0.3, 0.4) is 0 Å². The van der Waals surface area contributed by atoms with Gasteiger partial charge in [0.15, 0.2) is 6.10 Å². The van der Waals surface area contributed by atoms with Gasteiger partial charge in [-0.15, -0.1) is 11.3 Å². The van der Waals surface area contributed by atoms with E-state index in [0.717, 1.165) is 40.9 Å². The predicted octanol–water partition coefficient (Wildman–Crippen LogP) is 3.69. The van der Waals surface area contributed by atoms with E-state index in [1.54, 1.807) is 13.0 Å². The van der Waals surface area contributed by atoms with Gasteiger partial charge in [-0.2, -0.15) is 0 Å². The highest BCUT2D eigenvalue weighted by Crippen LogP contribution is 2.22. The molecule has 1 aromatic carbocycles. The van der Waals surface area contributed by atoms with Gasteiger partial charge in [-0.1, -0.05) is 31.4 Å². The molecule has 0 aliphatic heterocycles. The van der Waals surface area contributed by atoms with Crippen LogP contribution in [0.1, 0.15) is 44.0 Å². The summed E-state index contributed by atoms with van der Waals surface area (Å²) in [6.45, 7) is 1.60. The Labute approximate surface area is 151 Å². The first-order chi connectivity index (χ1) is 12.1. The van der Waals surface area contributed by atoms with E-state index in [2.05, 4.69) is 10.3 Å². The molecule has 132 valence electrons. The van der Waals surface area contributed by atoms with Crippen LogP contribution in [0.5, 0.6) is 0 Å². The lowest BCUT2D eigenvalue weighted by Crippen LogP contribution is -2.42. The summed E-state index contributed by atoms with van der Waals surface area (Å²) in [5.41, 5.74) is 0.903. The molecule has 0 unspecified atom stereocenters. The van der Waals surface area contributed by atoms with Gasteiger partial charge in [-0.25, -0.2) is 9.78 Å². The molecule has 25 heavy (non-hydrogen) atoms. The van der Waals surface area contributed by atoms with Crippen molar-refractivity contribution in [2.24, 2.45) is 0 Å². The Morgan fingerprint density at radius 1 is 1.28 bits per heavy atom. The number of nitrogens with zero attached hydrogens (tertiary/aromatic N) is 1. The average Bonchev–Trinajstić information content (AvgIpc) is 3.04.